The molecule has 0 radical (unpaired) electrons. The minimum atomic E-state index is -0.860. The fourth-order valence-electron chi connectivity index (χ4n) is 1.16. The molecule has 0 aromatic rings. The second-order valence-corrected chi connectivity index (χ2v) is 5.06. The molecular formula is C11H21NO3S. The minimum Gasteiger partial charge on any atom is -0.481 e. The highest BCUT2D eigenvalue weighted by atomic mass is 32.2. The van der Waals surface area contributed by atoms with E-state index in [1.54, 1.807) is 16.7 Å². The molecule has 0 atom stereocenters. The van der Waals surface area contributed by atoms with E-state index in [0.717, 1.165) is 5.75 Å². The normalized spacial score (nSPS) is 10.5. The average molecular weight is 247 g/mol. The van der Waals surface area contributed by atoms with E-state index in [2.05, 4.69) is 13.8 Å². The van der Waals surface area contributed by atoms with Crippen LogP contribution in [0.3, 0.4) is 0 Å². The summed E-state index contributed by atoms with van der Waals surface area (Å²) >= 11 is 1.61. The Morgan fingerprint density at radius 1 is 1.38 bits per heavy atom. The number of carboxylic acids is 1. The third-order valence-electron chi connectivity index (χ3n) is 2.01. The van der Waals surface area contributed by atoms with Crippen LogP contribution in [0.25, 0.3) is 0 Å². The molecule has 94 valence electrons. The SMILES string of the molecule is CCN(CCC(=O)O)C(=O)CSCC(C)C. The van der Waals surface area contributed by atoms with Crippen LogP contribution in [-0.2, 0) is 9.59 Å². The number of hydrogen-bond donors (Lipinski definition) is 1. The Hall–Kier alpha value is -0.710. The van der Waals surface area contributed by atoms with Crippen molar-refractivity contribution in [1.82, 2.24) is 4.90 Å². The van der Waals surface area contributed by atoms with Crippen LogP contribution in [0.2, 0.25) is 0 Å². The summed E-state index contributed by atoms with van der Waals surface area (Å²) in [4.78, 5) is 23.7. The van der Waals surface area contributed by atoms with Gasteiger partial charge in [0.25, 0.3) is 0 Å². The van der Waals surface area contributed by atoms with Gasteiger partial charge in [0.15, 0.2) is 0 Å². The van der Waals surface area contributed by atoms with Crippen LogP contribution in [0, 0.1) is 5.92 Å². The van der Waals surface area contributed by atoms with Crippen molar-refractivity contribution in [2.45, 2.75) is 27.2 Å². The van der Waals surface area contributed by atoms with Gasteiger partial charge < -0.3 is 10.0 Å². The Labute approximate surface area is 101 Å². The zero-order valence-electron chi connectivity index (χ0n) is 10.2. The first kappa shape index (κ1) is 15.3. The maximum atomic E-state index is 11.7. The highest BCUT2D eigenvalue weighted by Crippen LogP contribution is 2.08. The topological polar surface area (TPSA) is 57.6 Å². The molecule has 0 heterocycles. The van der Waals surface area contributed by atoms with Crippen molar-refractivity contribution < 1.29 is 14.7 Å². The van der Waals surface area contributed by atoms with Crippen molar-refractivity contribution in [3.8, 4) is 0 Å². The maximum absolute atomic E-state index is 11.7. The van der Waals surface area contributed by atoms with Gasteiger partial charge >= 0.3 is 5.97 Å². The average Bonchev–Trinajstić information content (AvgIpc) is 2.17. The Kier molecular flexibility index (Phi) is 8.07. The lowest BCUT2D eigenvalue weighted by molar-refractivity contribution is -0.138. The zero-order chi connectivity index (χ0) is 12.6. The van der Waals surface area contributed by atoms with Crippen molar-refractivity contribution in [3.63, 3.8) is 0 Å². The third kappa shape index (κ3) is 7.56. The summed E-state index contributed by atoms with van der Waals surface area (Å²) in [6, 6.07) is 0. The van der Waals surface area contributed by atoms with Gasteiger partial charge in [0.1, 0.15) is 0 Å². The summed E-state index contributed by atoms with van der Waals surface area (Å²) in [5.74, 6) is 1.16. The predicted molar refractivity (Wildman–Crippen MR) is 66.7 cm³/mol. The Morgan fingerprint density at radius 3 is 2.44 bits per heavy atom. The summed E-state index contributed by atoms with van der Waals surface area (Å²) in [6.45, 7) is 6.98. The zero-order valence-corrected chi connectivity index (χ0v) is 11.0. The Morgan fingerprint density at radius 2 is 2.00 bits per heavy atom. The van der Waals surface area contributed by atoms with Gasteiger partial charge in [0.2, 0.25) is 5.91 Å². The third-order valence-corrected chi connectivity index (χ3v) is 3.36. The first-order valence-corrected chi connectivity index (χ1v) is 6.70. The second kappa shape index (κ2) is 8.44. The number of carbonyl (C=O) groups excluding carboxylic acids is 1. The molecule has 0 rings (SSSR count). The van der Waals surface area contributed by atoms with Gasteiger partial charge in [0, 0.05) is 13.1 Å². The van der Waals surface area contributed by atoms with Crippen LogP contribution >= 0.6 is 11.8 Å². The summed E-state index contributed by atoms with van der Waals surface area (Å²) in [7, 11) is 0. The van der Waals surface area contributed by atoms with E-state index < -0.39 is 5.97 Å². The molecule has 0 aliphatic heterocycles. The molecule has 4 nitrogen and oxygen atoms in total. The lowest BCUT2D eigenvalue weighted by atomic mass is 10.3. The van der Waals surface area contributed by atoms with Gasteiger partial charge in [-0.3, -0.25) is 9.59 Å². The monoisotopic (exact) mass is 247 g/mol. The summed E-state index contributed by atoms with van der Waals surface area (Å²) in [5.41, 5.74) is 0. The van der Waals surface area contributed by atoms with E-state index in [9.17, 15) is 9.59 Å². The molecule has 0 aromatic carbocycles. The quantitative estimate of drug-likeness (QED) is 0.709. The van der Waals surface area contributed by atoms with Gasteiger partial charge in [0.05, 0.1) is 12.2 Å². The molecule has 1 N–H and O–H groups in total. The fraction of sp³-hybridized carbons (Fsp3) is 0.818. The van der Waals surface area contributed by atoms with Crippen LogP contribution in [0.5, 0.6) is 0 Å². The molecule has 0 aromatic heterocycles. The van der Waals surface area contributed by atoms with Crippen molar-refractivity contribution in [1.29, 1.82) is 0 Å². The van der Waals surface area contributed by atoms with Gasteiger partial charge in [-0.05, 0) is 18.6 Å². The molecular weight excluding hydrogens is 226 g/mol. The molecule has 0 aliphatic rings. The number of aliphatic carboxylic acids is 1. The van der Waals surface area contributed by atoms with Crippen LogP contribution in [0.15, 0.2) is 0 Å². The minimum absolute atomic E-state index is 0.0222. The molecule has 0 bridgehead atoms. The second-order valence-electron chi connectivity index (χ2n) is 4.03. The standard InChI is InChI=1S/C11H21NO3S/c1-4-12(6-5-11(14)15)10(13)8-16-7-9(2)3/h9H,4-8H2,1-3H3,(H,14,15). The van der Waals surface area contributed by atoms with Crippen molar-refractivity contribution in [3.05, 3.63) is 0 Å². The van der Waals surface area contributed by atoms with Crippen LogP contribution in [0.4, 0.5) is 0 Å². The molecule has 0 unspecified atom stereocenters. The first-order valence-electron chi connectivity index (χ1n) is 5.54. The highest BCUT2D eigenvalue weighted by Gasteiger charge is 2.12. The van der Waals surface area contributed by atoms with Gasteiger partial charge in [-0.1, -0.05) is 13.8 Å². The van der Waals surface area contributed by atoms with Crippen LogP contribution in [0.1, 0.15) is 27.2 Å². The lowest BCUT2D eigenvalue weighted by Crippen LogP contribution is -2.34. The largest absolute Gasteiger partial charge is 0.481 e. The summed E-state index contributed by atoms with van der Waals surface area (Å²) in [5, 5.41) is 8.55. The van der Waals surface area contributed by atoms with Crippen molar-refractivity contribution in [2.24, 2.45) is 5.92 Å². The summed E-state index contributed by atoms with van der Waals surface area (Å²) < 4.78 is 0. The smallest absolute Gasteiger partial charge is 0.305 e. The Balaban J connectivity index is 3.86. The molecule has 0 aliphatic carbocycles. The number of rotatable bonds is 8. The van der Waals surface area contributed by atoms with E-state index in [4.69, 9.17) is 5.11 Å². The maximum Gasteiger partial charge on any atom is 0.305 e. The summed E-state index contributed by atoms with van der Waals surface area (Å²) in [6.07, 6.45) is 0.0222. The molecule has 5 heteroatoms. The lowest BCUT2D eigenvalue weighted by Gasteiger charge is -2.19. The molecule has 0 fully saturated rings. The number of nitrogens with zero attached hydrogens (tertiary/aromatic N) is 1. The van der Waals surface area contributed by atoms with Gasteiger partial charge in [-0.25, -0.2) is 0 Å². The molecule has 16 heavy (non-hydrogen) atoms. The van der Waals surface area contributed by atoms with Crippen LogP contribution in [-0.4, -0.2) is 46.5 Å². The number of amides is 1. The van der Waals surface area contributed by atoms with Gasteiger partial charge in [-0.15, -0.1) is 0 Å². The number of carboxylic acid groups (broad SMARTS) is 1. The highest BCUT2D eigenvalue weighted by molar-refractivity contribution is 7.99. The van der Waals surface area contributed by atoms with E-state index in [0.29, 0.717) is 24.8 Å². The molecule has 0 saturated carbocycles. The van der Waals surface area contributed by atoms with Crippen molar-refractivity contribution >= 4 is 23.6 Å². The Bertz CT molecular complexity index is 231. The molecule has 0 spiro atoms. The first-order chi connectivity index (χ1) is 7.47. The molecule has 1 amide bonds. The fourth-order valence-corrected chi connectivity index (χ4v) is 2.11. The van der Waals surface area contributed by atoms with E-state index in [1.165, 1.54) is 0 Å². The van der Waals surface area contributed by atoms with E-state index >= 15 is 0 Å². The van der Waals surface area contributed by atoms with E-state index in [1.807, 2.05) is 6.92 Å². The van der Waals surface area contributed by atoms with Crippen LogP contribution < -0.4 is 0 Å². The molecule has 0 saturated heterocycles. The predicted octanol–water partition coefficient (Wildman–Crippen LogP) is 1.70. The van der Waals surface area contributed by atoms with Gasteiger partial charge in [-0.2, -0.15) is 11.8 Å². The number of thioether (sulfide) groups is 1. The van der Waals surface area contributed by atoms with Crippen molar-refractivity contribution in [2.75, 3.05) is 24.6 Å². The number of carbonyl (C=O) groups is 2. The number of hydrogen-bond acceptors (Lipinski definition) is 3. The van der Waals surface area contributed by atoms with E-state index in [-0.39, 0.29) is 12.3 Å².